The third-order valence-corrected chi connectivity index (χ3v) is 4.02. The minimum atomic E-state index is -0.890. The fourth-order valence-corrected chi connectivity index (χ4v) is 1.84. The van der Waals surface area contributed by atoms with Crippen LogP contribution in [-0.2, 0) is 9.53 Å². The summed E-state index contributed by atoms with van der Waals surface area (Å²) in [7, 11) is 1.33. The molecule has 0 unspecified atom stereocenters. The van der Waals surface area contributed by atoms with Crippen molar-refractivity contribution >= 4 is 11.9 Å². The second-order valence-electron chi connectivity index (χ2n) is 6.42. The van der Waals surface area contributed by atoms with Gasteiger partial charge < -0.3 is 14.5 Å². The Hall–Kier alpha value is -1.85. The van der Waals surface area contributed by atoms with Crippen molar-refractivity contribution < 1.29 is 18.7 Å². The monoisotopic (exact) mass is 296 g/mol. The van der Waals surface area contributed by atoms with Crippen LogP contribution in [0.1, 0.15) is 63.7 Å². The second kappa shape index (κ2) is 5.87. The van der Waals surface area contributed by atoms with Gasteiger partial charge in [0.05, 0.1) is 18.1 Å². The van der Waals surface area contributed by atoms with Gasteiger partial charge >= 0.3 is 5.97 Å². The summed E-state index contributed by atoms with van der Waals surface area (Å²) in [5.74, 6) is -0.185. The van der Waals surface area contributed by atoms with Crippen LogP contribution in [0.3, 0.4) is 0 Å². The highest BCUT2D eigenvalue weighted by Gasteiger charge is 2.45. The number of amides is 1. The molecule has 0 aliphatic rings. The number of hydrogen-bond donors (Lipinski definition) is 1. The highest BCUT2D eigenvalue weighted by atomic mass is 16.5. The summed E-state index contributed by atoms with van der Waals surface area (Å²) in [6.45, 7) is 10.8. The molecule has 6 heteroatoms. The zero-order valence-corrected chi connectivity index (χ0v) is 13.7. The van der Waals surface area contributed by atoms with E-state index in [9.17, 15) is 9.59 Å². The van der Waals surface area contributed by atoms with Gasteiger partial charge in [0.15, 0.2) is 12.1 Å². The largest absolute Gasteiger partial charge is 0.469 e. The maximum Gasteiger partial charge on any atom is 0.313 e. The van der Waals surface area contributed by atoms with Crippen LogP contribution in [0.4, 0.5) is 0 Å². The van der Waals surface area contributed by atoms with E-state index in [1.807, 2.05) is 13.8 Å². The van der Waals surface area contributed by atoms with E-state index in [2.05, 4.69) is 10.3 Å². The number of ether oxygens (including phenoxy) is 1. The van der Waals surface area contributed by atoms with Crippen LogP contribution in [0.2, 0.25) is 0 Å². The summed E-state index contributed by atoms with van der Waals surface area (Å²) in [5.41, 5.74) is -1.46. The smallest absolute Gasteiger partial charge is 0.313 e. The number of rotatable bonds is 5. The number of nitrogens with zero attached hydrogens (tertiary/aromatic N) is 1. The van der Waals surface area contributed by atoms with Gasteiger partial charge in [-0.3, -0.25) is 9.59 Å². The first-order valence-corrected chi connectivity index (χ1v) is 6.89. The van der Waals surface area contributed by atoms with Gasteiger partial charge in [0.1, 0.15) is 5.76 Å². The molecule has 1 aromatic rings. The number of carbonyl (C=O) groups excluding carboxylic acids is 2. The lowest BCUT2D eigenvalue weighted by Crippen LogP contribution is -2.57. The van der Waals surface area contributed by atoms with Crippen LogP contribution >= 0.6 is 0 Å². The average molecular weight is 296 g/mol. The Morgan fingerprint density at radius 3 is 2.33 bits per heavy atom. The Kier molecular flexibility index (Phi) is 4.81. The summed E-state index contributed by atoms with van der Waals surface area (Å²) in [4.78, 5) is 28.3. The molecule has 0 atom stereocenters. The van der Waals surface area contributed by atoms with E-state index in [0.717, 1.165) is 0 Å². The Bertz CT molecular complexity index is 530. The van der Waals surface area contributed by atoms with E-state index in [0.29, 0.717) is 5.76 Å². The van der Waals surface area contributed by atoms with Crippen molar-refractivity contribution in [1.82, 2.24) is 10.3 Å². The Morgan fingerprint density at radius 2 is 1.86 bits per heavy atom. The molecule has 6 nitrogen and oxygen atoms in total. The van der Waals surface area contributed by atoms with E-state index >= 15 is 0 Å². The highest BCUT2D eigenvalue weighted by Crippen LogP contribution is 2.32. The van der Waals surface area contributed by atoms with E-state index in [1.165, 1.54) is 13.5 Å². The normalized spacial score (nSPS) is 12.4. The number of hydrogen-bond acceptors (Lipinski definition) is 5. The summed E-state index contributed by atoms with van der Waals surface area (Å²) in [6, 6.07) is 0. The standard InChI is InChI=1S/C15H24N2O4/c1-9(2)11-10(16-8-21-11)12(18)17-15(5,6)14(3,4)13(19)20-7/h8-9H,1-7H3,(H,17,18). The Balaban J connectivity index is 3.01. The molecule has 0 bridgehead atoms. The zero-order valence-electron chi connectivity index (χ0n) is 13.7. The first-order chi connectivity index (χ1) is 9.54. The fraction of sp³-hybridized carbons (Fsp3) is 0.667. The number of oxazole rings is 1. The van der Waals surface area contributed by atoms with Crippen LogP contribution in [0.5, 0.6) is 0 Å². The number of methoxy groups -OCH3 is 1. The number of nitrogens with one attached hydrogen (secondary N) is 1. The van der Waals surface area contributed by atoms with E-state index in [-0.39, 0.29) is 17.5 Å². The molecule has 0 spiro atoms. The quantitative estimate of drug-likeness (QED) is 0.844. The van der Waals surface area contributed by atoms with Gasteiger partial charge in [-0.25, -0.2) is 4.98 Å². The molecule has 0 fully saturated rings. The van der Waals surface area contributed by atoms with Crippen LogP contribution in [-0.4, -0.2) is 29.5 Å². The molecule has 0 aliphatic carbocycles. The topological polar surface area (TPSA) is 81.4 Å². The van der Waals surface area contributed by atoms with Gasteiger partial charge in [-0.1, -0.05) is 13.8 Å². The lowest BCUT2D eigenvalue weighted by molar-refractivity contribution is -0.154. The van der Waals surface area contributed by atoms with Crippen molar-refractivity contribution in [3.63, 3.8) is 0 Å². The summed E-state index contributed by atoms with van der Waals surface area (Å²) in [6.07, 6.45) is 1.25. The van der Waals surface area contributed by atoms with Gasteiger partial charge in [-0.15, -0.1) is 0 Å². The van der Waals surface area contributed by atoms with E-state index < -0.39 is 16.9 Å². The zero-order chi connectivity index (χ0) is 16.4. The molecule has 1 amide bonds. The molecule has 0 aromatic carbocycles. The van der Waals surface area contributed by atoms with Gasteiger partial charge in [0.25, 0.3) is 5.91 Å². The van der Waals surface area contributed by atoms with Crippen LogP contribution in [0.25, 0.3) is 0 Å². The SMILES string of the molecule is COC(=O)C(C)(C)C(C)(C)NC(=O)c1ncoc1C(C)C. The first-order valence-electron chi connectivity index (χ1n) is 6.89. The van der Waals surface area contributed by atoms with E-state index in [1.54, 1.807) is 27.7 Å². The van der Waals surface area contributed by atoms with Gasteiger partial charge in [0.2, 0.25) is 0 Å². The summed E-state index contributed by atoms with van der Waals surface area (Å²) in [5, 5.41) is 2.85. The molecule has 118 valence electrons. The Morgan fingerprint density at radius 1 is 1.29 bits per heavy atom. The molecule has 1 aromatic heterocycles. The second-order valence-corrected chi connectivity index (χ2v) is 6.42. The third kappa shape index (κ3) is 3.25. The van der Waals surface area contributed by atoms with Crippen molar-refractivity contribution in [3.05, 3.63) is 17.8 Å². The highest BCUT2D eigenvalue weighted by molar-refractivity contribution is 5.94. The Labute approximate surface area is 125 Å². The summed E-state index contributed by atoms with van der Waals surface area (Å²) < 4.78 is 10.1. The summed E-state index contributed by atoms with van der Waals surface area (Å²) >= 11 is 0. The molecule has 21 heavy (non-hydrogen) atoms. The molecule has 1 N–H and O–H groups in total. The lowest BCUT2D eigenvalue weighted by atomic mass is 9.74. The maximum absolute atomic E-state index is 12.4. The van der Waals surface area contributed by atoms with Crippen molar-refractivity contribution in [2.75, 3.05) is 7.11 Å². The molecule has 0 saturated carbocycles. The predicted octanol–water partition coefficient (Wildman–Crippen LogP) is 2.51. The van der Waals surface area contributed by atoms with Crippen molar-refractivity contribution in [2.24, 2.45) is 5.41 Å². The third-order valence-electron chi connectivity index (χ3n) is 4.02. The van der Waals surface area contributed by atoms with Crippen LogP contribution in [0, 0.1) is 5.41 Å². The van der Waals surface area contributed by atoms with Crippen molar-refractivity contribution in [3.8, 4) is 0 Å². The molecular weight excluding hydrogens is 272 g/mol. The van der Waals surface area contributed by atoms with Gasteiger partial charge in [0, 0.05) is 5.92 Å². The number of aromatic nitrogens is 1. The fourth-order valence-electron chi connectivity index (χ4n) is 1.84. The number of carbonyl (C=O) groups is 2. The van der Waals surface area contributed by atoms with Gasteiger partial charge in [-0.2, -0.15) is 0 Å². The molecule has 1 heterocycles. The average Bonchev–Trinajstić information content (AvgIpc) is 2.86. The number of esters is 1. The minimum Gasteiger partial charge on any atom is -0.469 e. The first kappa shape index (κ1) is 17.2. The van der Waals surface area contributed by atoms with Crippen molar-refractivity contribution in [1.29, 1.82) is 0 Å². The maximum atomic E-state index is 12.4. The predicted molar refractivity (Wildman–Crippen MR) is 77.9 cm³/mol. The van der Waals surface area contributed by atoms with Gasteiger partial charge in [-0.05, 0) is 27.7 Å². The molecule has 0 aliphatic heterocycles. The minimum absolute atomic E-state index is 0.0463. The van der Waals surface area contributed by atoms with E-state index in [4.69, 9.17) is 9.15 Å². The van der Waals surface area contributed by atoms with Crippen LogP contribution < -0.4 is 5.32 Å². The van der Waals surface area contributed by atoms with Crippen LogP contribution in [0.15, 0.2) is 10.8 Å². The molecule has 0 radical (unpaired) electrons. The molecular formula is C15H24N2O4. The van der Waals surface area contributed by atoms with Crippen molar-refractivity contribution in [2.45, 2.75) is 53.0 Å². The molecule has 1 rings (SSSR count). The lowest BCUT2D eigenvalue weighted by Gasteiger charge is -2.39. The molecule has 0 saturated heterocycles.